The largest absolute Gasteiger partial charge is 0.434 e. The normalized spacial score (nSPS) is 19.5. The number of para-hydroxylation sites is 1. The van der Waals surface area contributed by atoms with Crippen molar-refractivity contribution in [3.8, 4) is 16.9 Å². The van der Waals surface area contributed by atoms with Gasteiger partial charge in [-0.15, -0.1) is 0 Å². The molecule has 0 amide bonds. The Labute approximate surface area is 210 Å². The fourth-order valence-corrected chi connectivity index (χ4v) is 5.25. The number of fused-ring (bicyclic) bond motifs is 3. The molecule has 9 nitrogen and oxygen atoms in total. The lowest BCUT2D eigenvalue weighted by Gasteiger charge is -2.31. The van der Waals surface area contributed by atoms with E-state index in [0.717, 1.165) is 11.1 Å². The van der Waals surface area contributed by atoms with Crippen molar-refractivity contribution in [3.05, 3.63) is 70.8 Å². The number of hydrogen-bond donors (Lipinski definition) is 1. The second-order valence-electron chi connectivity index (χ2n) is 9.12. The predicted octanol–water partition coefficient (Wildman–Crippen LogP) is 3.05. The van der Waals surface area contributed by atoms with Crippen LogP contribution in [-0.4, -0.2) is 63.5 Å². The molecular formula is C26H25F2N5O4. The first-order valence-corrected chi connectivity index (χ1v) is 12.1. The number of anilines is 1. The van der Waals surface area contributed by atoms with Gasteiger partial charge in [-0.05, 0) is 30.2 Å². The van der Waals surface area contributed by atoms with Gasteiger partial charge in [-0.3, -0.25) is 9.48 Å². The Bertz CT molecular complexity index is 1490. The zero-order valence-electron chi connectivity index (χ0n) is 19.8. The van der Waals surface area contributed by atoms with Crippen molar-refractivity contribution in [1.82, 2.24) is 19.3 Å². The number of nitrogens with zero attached hydrogens (tertiary/aromatic N) is 5. The van der Waals surface area contributed by atoms with Gasteiger partial charge in [0.1, 0.15) is 5.75 Å². The van der Waals surface area contributed by atoms with Crippen LogP contribution in [0.15, 0.2) is 59.7 Å². The van der Waals surface area contributed by atoms with E-state index in [0.29, 0.717) is 55.1 Å². The van der Waals surface area contributed by atoms with Gasteiger partial charge in [-0.25, -0.2) is 14.6 Å². The van der Waals surface area contributed by atoms with E-state index >= 15 is 0 Å². The average Bonchev–Trinajstić information content (AvgIpc) is 3.48. The summed E-state index contributed by atoms with van der Waals surface area (Å²) in [5, 5.41) is 9.95. The van der Waals surface area contributed by atoms with Crippen molar-refractivity contribution in [2.75, 3.05) is 31.2 Å². The third kappa shape index (κ3) is 4.23. The maximum Gasteiger partial charge on any atom is 0.387 e. The standard InChI is InChI=1S/C26H25F2N5O4/c27-25(28)37-23-4-2-1-3-19(23)21-7-8-32-24(35)20-6-5-16(11-22(20)33(21)32)17-12-29-26(30-13-17)31-9-10-36-18(14-31)15-34/h1-6,11-13,18,21,25,34H,7-10,14-15H2/t18-,21+/m0/s1. The highest BCUT2D eigenvalue weighted by Gasteiger charge is 2.30. The van der Waals surface area contributed by atoms with E-state index in [1.54, 1.807) is 41.3 Å². The van der Waals surface area contributed by atoms with Gasteiger partial charge >= 0.3 is 6.61 Å². The minimum atomic E-state index is -2.94. The number of morpholine rings is 1. The fraction of sp³-hybridized carbons (Fsp3) is 0.346. The zero-order valence-corrected chi connectivity index (χ0v) is 19.8. The molecule has 37 heavy (non-hydrogen) atoms. The molecule has 0 unspecified atom stereocenters. The number of aliphatic hydroxyl groups is 1. The number of aromatic nitrogens is 4. The van der Waals surface area contributed by atoms with Crippen molar-refractivity contribution in [1.29, 1.82) is 0 Å². The highest BCUT2D eigenvalue weighted by molar-refractivity contribution is 5.84. The van der Waals surface area contributed by atoms with Crippen LogP contribution in [0.25, 0.3) is 22.0 Å². The fourth-order valence-electron chi connectivity index (χ4n) is 5.25. The van der Waals surface area contributed by atoms with Crippen molar-refractivity contribution >= 4 is 16.9 Å². The third-order valence-corrected chi connectivity index (χ3v) is 6.97. The Morgan fingerprint density at radius 1 is 1.11 bits per heavy atom. The molecule has 4 heterocycles. The van der Waals surface area contributed by atoms with Crippen molar-refractivity contribution in [2.45, 2.75) is 31.7 Å². The van der Waals surface area contributed by atoms with E-state index in [9.17, 15) is 18.7 Å². The lowest BCUT2D eigenvalue weighted by atomic mass is 10.0. The van der Waals surface area contributed by atoms with Crippen molar-refractivity contribution in [2.24, 2.45) is 0 Å². The Kier molecular flexibility index (Phi) is 6.09. The van der Waals surface area contributed by atoms with Crippen LogP contribution >= 0.6 is 0 Å². The number of rotatable bonds is 6. The first kappa shape index (κ1) is 23.6. The molecule has 6 rings (SSSR count). The first-order valence-electron chi connectivity index (χ1n) is 12.1. The quantitative estimate of drug-likeness (QED) is 0.427. The van der Waals surface area contributed by atoms with Crippen molar-refractivity contribution < 1.29 is 23.4 Å². The van der Waals surface area contributed by atoms with Gasteiger partial charge in [-0.1, -0.05) is 24.3 Å². The molecular weight excluding hydrogens is 484 g/mol. The Hall–Kier alpha value is -3.83. The van der Waals surface area contributed by atoms with Crippen LogP contribution in [0.2, 0.25) is 0 Å². The second kappa shape index (κ2) is 9.56. The minimum Gasteiger partial charge on any atom is -0.434 e. The average molecular weight is 510 g/mol. The van der Waals surface area contributed by atoms with E-state index in [1.165, 1.54) is 6.07 Å². The Morgan fingerprint density at radius 2 is 1.92 bits per heavy atom. The molecule has 0 spiro atoms. The molecule has 2 aromatic carbocycles. The molecule has 2 aliphatic rings. The van der Waals surface area contributed by atoms with Gasteiger partial charge in [-0.2, -0.15) is 8.78 Å². The minimum absolute atomic E-state index is 0.0598. The van der Waals surface area contributed by atoms with Gasteiger partial charge < -0.3 is 19.5 Å². The highest BCUT2D eigenvalue weighted by Crippen LogP contribution is 2.37. The van der Waals surface area contributed by atoms with Gasteiger partial charge in [0.05, 0.1) is 36.3 Å². The summed E-state index contributed by atoms with van der Waals surface area (Å²) in [4.78, 5) is 24.1. The number of alkyl halides is 2. The smallest absolute Gasteiger partial charge is 0.387 e. The van der Waals surface area contributed by atoms with Crippen LogP contribution in [0.5, 0.6) is 5.75 Å². The third-order valence-electron chi connectivity index (χ3n) is 6.97. The number of benzene rings is 2. The molecule has 192 valence electrons. The number of ether oxygens (including phenoxy) is 2. The van der Waals surface area contributed by atoms with Crippen molar-refractivity contribution in [3.63, 3.8) is 0 Å². The summed E-state index contributed by atoms with van der Waals surface area (Å²) in [6.45, 7) is -0.876. The van der Waals surface area contributed by atoms with Crippen LogP contribution in [-0.2, 0) is 11.3 Å². The van der Waals surface area contributed by atoms with Crippen LogP contribution < -0.4 is 15.2 Å². The maximum atomic E-state index is 13.1. The first-order chi connectivity index (χ1) is 18.0. The van der Waals surface area contributed by atoms with Gasteiger partial charge in [0.15, 0.2) is 0 Å². The van der Waals surface area contributed by atoms with Gasteiger partial charge in [0.25, 0.3) is 5.56 Å². The molecule has 2 aliphatic heterocycles. The molecule has 0 aliphatic carbocycles. The molecule has 1 saturated heterocycles. The van der Waals surface area contributed by atoms with Crippen LogP contribution in [0.3, 0.4) is 0 Å². The van der Waals surface area contributed by atoms with Crippen LogP contribution in [0.1, 0.15) is 18.0 Å². The van der Waals surface area contributed by atoms with Gasteiger partial charge in [0.2, 0.25) is 5.95 Å². The topological polar surface area (TPSA) is 94.6 Å². The summed E-state index contributed by atoms with van der Waals surface area (Å²) < 4.78 is 39.9. The summed E-state index contributed by atoms with van der Waals surface area (Å²) in [5.41, 5.74) is 2.81. The highest BCUT2D eigenvalue weighted by atomic mass is 19.3. The molecule has 11 heteroatoms. The molecule has 1 N–H and O–H groups in total. The summed E-state index contributed by atoms with van der Waals surface area (Å²) in [6, 6.07) is 11.9. The number of aliphatic hydroxyl groups excluding tert-OH is 1. The SMILES string of the molecule is O=c1c2ccc(-c3cnc(N4CCO[C@H](CO)C4)nc3)cc2n2n1CC[C@@H]2c1ccccc1OC(F)F. The van der Waals surface area contributed by atoms with Crippen LogP contribution in [0.4, 0.5) is 14.7 Å². The summed E-state index contributed by atoms with van der Waals surface area (Å²) in [6.07, 6.45) is 3.79. The summed E-state index contributed by atoms with van der Waals surface area (Å²) in [7, 11) is 0. The molecule has 0 saturated carbocycles. The number of hydrogen-bond acceptors (Lipinski definition) is 7. The zero-order chi connectivity index (χ0) is 25.5. The summed E-state index contributed by atoms with van der Waals surface area (Å²) >= 11 is 0. The van der Waals surface area contributed by atoms with Gasteiger partial charge in [0, 0.05) is 43.2 Å². The summed E-state index contributed by atoms with van der Waals surface area (Å²) in [5.74, 6) is 0.667. The molecule has 2 aromatic heterocycles. The number of halogens is 2. The second-order valence-corrected chi connectivity index (χ2v) is 9.12. The van der Waals surface area contributed by atoms with E-state index < -0.39 is 6.61 Å². The Balaban J connectivity index is 1.36. The lowest BCUT2D eigenvalue weighted by molar-refractivity contribution is -0.0507. The molecule has 0 radical (unpaired) electrons. The lowest BCUT2D eigenvalue weighted by Crippen LogP contribution is -2.44. The monoisotopic (exact) mass is 509 g/mol. The van der Waals surface area contributed by atoms with E-state index in [4.69, 9.17) is 9.47 Å². The van der Waals surface area contributed by atoms with E-state index in [1.807, 2.05) is 21.7 Å². The molecule has 2 atom stereocenters. The molecule has 0 bridgehead atoms. The molecule has 4 aromatic rings. The molecule has 1 fully saturated rings. The van der Waals surface area contributed by atoms with Crippen LogP contribution in [0, 0.1) is 0 Å². The Morgan fingerprint density at radius 3 is 2.70 bits per heavy atom. The van der Waals surface area contributed by atoms with E-state index in [-0.39, 0.29) is 30.1 Å². The maximum absolute atomic E-state index is 13.1. The predicted molar refractivity (Wildman–Crippen MR) is 132 cm³/mol. The van der Waals surface area contributed by atoms with E-state index in [2.05, 4.69) is 9.97 Å².